The molecule has 5 aromatic rings. The van der Waals surface area contributed by atoms with Crippen LogP contribution in [0.3, 0.4) is 0 Å². The number of aromatic nitrogens is 2. The smallest absolute Gasteiger partial charge is 0.293 e. The number of carbonyl (C=O) groups excluding carboxylic acids is 1. The third kappa shape index (κ3) is 9.70. The number of anilines is 4. The third-order valence-corrected chi connectivity index (χ3v) is 14.4. The van der Waals surface area contributed by atoms with Crippen LogP contribution in [0.25, 0.3) is 16.6 Å². The summed E-state index contributed by atoms with van der Waals surface area (Å²) in [7, 11) is -4.56. The summed E-state index contributed by atoms with van der Waals surface area (Å²) in [5, 5.41) is 16.9. The minimum absolute atomic E-state index is 0.118. The van der Waals surface area contributed by atoms with Crippen LogP contribution in [-0.4, -0.2) is 99.8 Å². The second-order valence-electron chi connectivity index (χ2n) is 17.0. The van der Waals surface area contributed by atoms with Crippen molar-refractivity contribution in [3.05, 3.63) is 111 Å². The lowest BCUT2D eigenvalue weighted by Crippen LogP contribution is -2.47. The van der Waals surface area contributed by atoms with E-state index in [1.807, 2.05) is 41.3 Å². The molecule has 0 saturated carbocycles. The van der Waals surface area contributed by atoms with E-state index in [4.69, 9.17) is 26.1 Å². The van der Waals surface area contributed by atoms with Crippen LogP contribution >= 0.6 is 11.6 Å². The van der Waals surface area contributed by atoms with Crippen LogP contribution in [0.5, 0.6) is 5.88 Å². The van der Waals surface area contributed by atoms with Gasteiger partial charge in [-0.2, -0.15) is 4.98 Å². The van der Waals surface area contributed by atoms with Crippen LogP contribution in [0.2, 0.25) is 5.02 Å². The molecule has 5 heterocycles. The number of sulfonamides is 1. The van der Waals surface area contributed by atoms with Gasteiger partial charge < -0.3 is 29.6 Å². The molecule has 2 saturated heterocycles. The zero-order chi connectivity index (χ0) is 44.2. The van der Waals surface area contributed by atoms with Crippen molar-refractivity contribution >= 4 is 72.6 Å². The Morgan fingerprint density at radius 1 is 0.891 bits per heavy atom. The van der Waals surface area contributed by atoms with Gasteiger partial charge in [-0.15, -0.1) is 0 Å². The van der Waals surface area contributed by atoms with Crippen molar-refractivity contribution in [1.82, 2.24) is 19.6 Å². The molecule has 1 amide bonds. The van der Waals surface area contributed by atoms with Crippen molar-refractivity contribution in [1.29, 1.82) is 0 Å². The number of benzene rings is 3. The highest BCUT2D eigenvalue weighted by Gasteiger charge is 2.30. The number of hydrogen-bond acceptors (Lipinski definition) is 12. The van der Waals surface area contributed by atoms with Crippen molar-refractivity contribution in [2.75, 3.05) is 80.8 Å². The zero-order valence-corrected chi connectivity index (χ0v) is 37.3. The third-order valence-electron chi connectivity index (χ3n) is 12.9. The van der Waals surface area contributed by atoms with Crippen molar-refractivity contribution in [2.24, 2.45) is 5.92 Å². The van der Waals surface area contributed by atoms with Gasteiger partial charge in [-0.1, -0.05) is 35.7 Å². The molecule has 0 bridgehead atoms. The van der Waals surface area contributed by atoms with Gasteiger partial charge in [-0.05, 0) is 117 Å². The molecule has 0 radical (unpaired) electrons. The van der Waals surface area contributed by atoms with Crippen LogP contribution in [0, 0.1) is 16.0 Å². The lowest BCUT2D eigenvalue weighted by atomic mass is 9.95. The number of H-pyrrole nitrogens is 1. The van der Waals surface area contributed by atoms with E-state index in [0.717, 1.165) is 80.6 Å². The standard InChI is InChI=1S/C47H53ClN8O7S/c48-36-9-7-33(8-10-36)39-6-3-1-2-5-35(39)31-53-20-22-54(23-21-53)37-11-13-40(42(28-37)55-19-4-24-63-47-44(55)27-34-15-18-49-45(34)51-47)46(57)52-64(60,61)38-12-14-41(43(29-38)56(58)59)50-30-32-16-25-62-26-17-32/h7-15,18,27-29,32,50H,1-6,16-17,19-26,30-31H2,(H,49,51)(H,52,57). The summed E-state index contributed by atoms with van der Waals surface area (Å²) in [6.45, 7) is 6.73. The number of nitrogens with one attached hydrogen (secondary N) is 3. The van der Waals surface area contributed by atoms with E-state index in [9.17, 15) is 23.3 Å². The first-order valence-electron chi connectivity index (χ1n) is 22.2. The SMILES string of the molecule is O=C(NS(=O)(=O)c1ccc(NCC2CCOCC2)c([N+](=O)[O-])c1)c1ccc(N2CCN(CC3=C(c4ccc(Cl)cc4)CCCCC3)CC2)cc1N1CCCOc2nc3[nH]ccc3cc21. The molecule has 2 aromatic heterocycles. The normalized spacial score (nSPS) is 18.0. The second-order valence-corrected chi connectivity index (χ2v) is 19.1. The fourth-order valence-corrected chi connectivity index (χ4v) is 10.4. The van der Waals surface area contributed by atoms with Gasteiger partial charge in [0.05, 0.1) is 27.7 Å². The fraction of sp³-hybridized carbons (Fsp3) is 0.404. The Kier molecular flexibility index (Phi) is 13.1. The maximum Gasteiger partial charge on any atom is 0.293 e. The molecule has 3 aromatic carbocycles. The number of nitro benzene ring substituents is 1. The van der Waals surface area contributed by atoms with Gasteiger partial charge in [-0.3, -0.25) is 19.8 Å². The summed E-state index contributed by atoms with van der Waals surface area (Å²) in [6, 6.07) is 21.2. The Labute approximate surface area is 378 Å². The average Bonchev–Trinajstić information content (AvgIpc) is 3.50. The molecule has 3 aliphatic heterocycles. The zero-order valence-electron chi connectivity index (χ0n) is 35.7. The molecule has 2 fully saturated rings. The predicted octanol–water partition coefficient (Wildman–Crippen LogP) is 8.54. The van der Waals surface area contributed by atoms with Crippen LogP contribution in [-0.2, 0) is 14.8 Å². The van der Waals surface area contributed by atoms with Gasteiger partial charge in [0.15, 0.2) is 0 Å². The molecule has 9 rings (SSSR count). The number of hydrogen-bond donors (Lipinski definition) is 3. The van der Waals surface area contributed by atoms with Crippen molar-refractivity contribution in [3.8, 4) is 5.88 Å². The number of pyridine rings is 1. The Morgan fingerprint density at radius 2 is 1.69 bits per heavy atom. The fourth-order valence-electron chi connectivity index (χ4n) is 9.32. The topological polar surface area (TPSA) is 175 Å². The number of amides is 1. The van der Waals surface area contributed by atoms with E-state index in [-0.39, 0.29) is 17.2 Å². The van der Waals surface area contributed by atoms with Gasteiger partial charge in [0, 0.05) is 87.4 Å². The average molecular weight is 910 g/mol. The van der Waals surface area contributed by atoms with Gasteiger partial charge in [0.25, 0.3) is 21.6 Å². The Balaban J connectivity index is 0.986. The first kappa shape index (κ1) is 43.6. The van der Waals surface area contributed by atoms with Crippen LogP contribution in [0.4, 0.5) is 28.4 Å². The highest BCUT2D eigenvalue weighted by molar-refractivity contribution is 7.90. The summed E-state index contributed by atoms with van der Waals surface area (Å²) < 4.78 is 41.6. The number of piperazine rings is 1. The Hall–Kier alpha value is -5.68. The second kappa shape index (κ2) is 19.2. The molecule has 0 unspecified atom stereocenters. The van der Waals surface area contributed by atoms with Crippen molar-refractivity contribution in [3.63, 3.8) is 0 Å². The first-order chi connectivity index (χ1) is 31.1. The molecule has 17 heteroatoms. The van der Waals surface area contributed by atoms with E-state index in [1.54, 1.807) is 12.3 Å². The minimum atomic E-state index is -4.56. The summed E-state index contributed by atoms with van der Waals surface area (Å²) in [6.07, 6.45) is 9.81. The molecule has 1 aliphatic carbocycles. The number of rotatable bonds is 12. The van der Waals surface area contributed by atoms with Crippen molar-refractivity contribution < 1.29 is 27.6 Å². The highest BCUT2D eigenvalue weighted by atomic mass is 35.5. The first-order valence-corrected chi connectivity index (χ1v) is 24.1. The maximum absolute atomic E-state index is 14.4. The van der Waals surface area contributed by atoms with Gasteiger partial charge >= 0.3 is 0 Å². The number of aromatic amines is 1. The summed E-state index contributed by atoms with van der Waals surface area (Å²) in [5.41, 5.74) is 6.82. The summed E-state index contributed by atoms with van der Waals surface area (Å²) in [5.74, 6) is -0.196. The summed E-state index contributed by atoms with van der Waals surface area (Å²) >= 11 is 6.25. The number of allylic oxidation sites excluding steroid dienone is 1. The lowest BCUT2D eigenvalue weighted by molar-refractivity contribution is -0.384. The Bertz CT molecular complexity index is 2660. The number of fused-ring (bicyclic) bond motifs is 2. The predicted molar refractivity (Wildman–Crippen MR) is 250 cm³/mol. The van der Waals surface area contributed by atoms with Gasteiger partial charge in [0.2, 0.25) is 5.88 Å². The van der Waals surface area contributed by atoms with E-state index in [0.29, 0.717) is 62.2 Å². The molecular weight excluding hydrogens is 856 g/mol. The maximum atomic E-state index is 14.4. The number of halogens is 1. The molecular formula is C47H53ClN8O7S. The van der Waals surface area contributed by atoms with Crippen LogP contribution in [0.15, 0.2) is 89.5 Å². The lowest BCUT2D eigenvalue weighted by Gasteiger charge is -2.37. The van der Waals surface area contributed by atoms with Gasteiger partial charge in [-0.25, -0.2) is 13.1 Å². The summed E-state index contributed by atoms with van der Waals surface area (Å²) in [4.78, 5) is 40.2. The number of carbonyl (C=O) groups is 1. The van der Waals surface area contributed by atoms with Crippen LogP contribution < -0.4 is 24.6 Å². The van der Waals surface area contributed by atoms with Crippen molar-refractivity contribution in [2.45, 2.75) is 56.3 Å². The van der Waals surface area contributed by atoms with E-state index >= 15 is 0 Å². The molecule has 64 heavy (non-hydrogen) atoms. The molecule has 15 nitrogen and oxygen atoms in total. The molecule has 4 aliphatic rings. The molecule has 336 valence electrons. The number of nitrogens with zero attached hydrogens (tertiary/aromatic N) is 5. The van der Waals surface area contributed by atoms with E-state index in [1.165, 1.54) is 48.1 Å². The quantitative estimate of drug-likeness (QED) is 0.0805. The highest BCUT2D eigenvalue weighted by Crippen LogP contribution is 2.41. The van der Waals surface area contributed by atoms with E-state index < -0.39 is 31.4 Å². The largest absolute Gasteiger partial charge is 0.476 e. The molecule has 0 atom stereocenters. The number of nitro groups is 1. The number of ether oxygens (including phenoxy) is 2. The molecule has 3 N–H and O–H groups in total. The molecule has 0 spiro atoms. The van der Waals surface area contributed by atoms with Crippen LogP contribution in [0.1, 0.15) is 67.3 Å². The minimum Gasteiger partial charge on any atom is -0.476 e. The Morgan fingerprint density at radius 3 is 2.48 bits per heavy atom. The van der Waals surface area contributed by atoms with Gasteiger partial charge in [0.1, 0.15) is 17.0 Å². The van der Waals surface area contributed by atoms with E-state index in [2.05, 4.69) is 37.0 Å². The monoisotopic (exact) mass is 908 g/mol.